The van der Waals surface area contributed by atoms with Crippen LogP contribution in [0.5, 0.6) is 5.75 Å². The fourth-order valence-corrected chi connectivity index (χ4v) is 3.03. The van der Waals surface area contributed by atoms with Crippen LogP contribution in [0.15, 0.2) is 48.7 Å². The Balaban J connectivity index is 1.52. The predicted octanol–water partition coefficient (Wildman–Crippen LogP) is 2.19. The molecule has 1 aliphatic rings. The maximum absolute atomic E-state index is 12.4. The molecule has 1 saturated heterocycles. The number of nitrogens with one attached hydrogen (secondary N) is 1. The summed E-state index contributed by atoms with van der Waals surface area (Å²) in [6.07, 6.45) is 2.65. The normalized spacial score (nSPS) is 16.6. The Morgan fingerprint density at radius 3 is 2.77 bits per heavy atom. The summed E-state index contributed by atoms with van der Waals surface area (Å²) < 4.78 is 5.42. The molecule has 2 aromatic rings. The van der Waals surface area contributed by atoms with Crippen molar-refractivity contribution in [1.82, 2.24) is 10.3 Å². The Hall–Kier alpha value is -2.89. The molecule has 6 nitrogen and oxygen atoms in total. The number of carbonyl (C=O) groups is 2. The highest BCUT2D eigenvalue weighted by Crippen LogP contribution is 2.27. The van der Waals surface area contributed by atoms with Crippen LogP contribution in [0.1, 0.15) is 19.0 Å². The molecule has 0 saturated carbocycles. The first-order valence-electron chi connectivity index (χ1n) is 8.88. The molecular weight excluding hydrogens is 330 g/mol. The second-order valence-corrected chi connectivity index (χ2v) is 6.19. The van der Waals surface area contributed by atoms with Gasteiger partial charge in [0.05, 0.1) is 12.5 Å². The second-order valence-electron chi connectivity index (χ2n) is 6.19. The van der Waals surface area contributed by atoms with Crippen molar-refractivity contribution >= 4 is 17.5 Å². The van der Waals surface area contributed by atoms with Crippen LogP contribution in [-0.4, -0.2) is 36.5 Å². The van der Waals surface area contributed by atoms with Gasteiger partial charge in [-0.05, 0) is 43.3 Å². The molecule has 136 valence electrons. The van der Waals surface area contributed by atoms with E-state index in [9.17, 15) is 9.59 Å². The smallest absolute Gasteiger partial charge is 0.227 e. The number of hydrogen-bond donors (Lipinski definition) is 1. The van der Waals surface area contributed by atoms with Gasteiger partial charge < -0.3 is 15.0 Å². The van der Waals surface area contributed by atoms with Crippen molar-refractivity contribution in [1.29, 1.82) is 0 Å². The van der Waals surface area contributed by atoms with Crippen molar-refractivity contribution in [2.24, 2.45) is 5.92 Å². The number of carbonyl (C=O) groups excluding carboxylic acids is 2. The van der Waals surface area contributed by atoms with Gasteiger partial charge in [0.25, 0.3) is 0 Å². The van der Waals surface area contributed by atoms with Gasteiger partial charge in [0.1, 0.15) is 5.75 Å². The van der Waals surface area contributed by atoms with Gasteiger partial charge in [-0.15, -0.1) is 0 Å². The second kappa shape index (κ2) is 8.47. The molecule has 1 aliphatic heterocycles. The van der Waals surface area contributed by atoms with Crippen LogP contribution in [0.2, 0.25) is 0 Å². The Labute approximate surface area is 153 Å². The van der Waals surface area contributed by atoms with Gasteiger partial charge in [0, 0.05) is 43.5 Å². The lowest BCUT2D eigenvalue weighted by atomic mass is 10.1. The number of pyridine rings is 1. The fraction of sp³-hybridized carbons (Fsp3) is 0.350. The third-order valence-corrected chi connectivity index (χ3v) is 4.36. The van der Waals surface area contributed by atoms with Crippen molar-refractivity contribution in [3.05, 3.63) is 54.4 Å². The molecule has 0 unspecified atom stereocenters. The lowest BCUT2D eigenvalue weighted by molar-refractivity contribution is -0.126. The van der Waals surface area contributed by atoms with Crippen LogP contribution < -0.4 is 15.0 Å². The van der Waals surface area contributed by atoms with Gasteiger partial charge in [-0.3, -0.25) is 14.6 Å². The number of rotatable bonds is 7. The first-order valence-corrected chi connectivity index (χ1v) is 8.88. The number of hydrogen-bond acceptors (Lipinski definition) is 4. The monoisotopic (exact) mass is 353 g/mol. The van der Waals surface area contributed by atoms with Crippen molar-refractivity contribution in [3.63, 3.8) is 0 Å². The van der Waals surface area contributed by atoms with Crippen molar-refractivity contribution in [2.45, 2.75) is 19.8 Å². The summed E-state index contributed by atoms with van der Waals surface area (Å²) in [7, 11) is 0. The zero-order chi connectivity index (χ0) is 18.4. The Morgan fingerprint density at radius 2 is 2.08 bits per heavy atom. The highest BCUT2D eigenvalue weighted by molar-refractivity contribution is 6.00. The molecule has 1 N–H and O–H groups in total. The minimum Gasteiger partial charge on any atom is -0.494 e. The molecule has 2 amide bonds. The number of ether oxygens (including phenoxy) is 1. The van der Waals surface area contributed by atoms with Crippen LogP contribution in [0.25, 0.3) is 0 Å². The molecule has 1 aromatic carbocycles. The Bertz CT molecular complexity index is 747. The standard InChI is InChI=1S/C20H23N3O3/c1-2-26-18-8-6-17(7-9-18)23-14-15(13-19(23)24)20(25)22-12-10-16-5-3-4-11-21-16/h3-9,11,15H,2,10,12-14H2,1H3,(H,22,25)/t15-/m0/s1. The predicted molar refractivity (Wildman–Crippen MR) is 99.0 cm³/mol. The van der Waals surface area contributed by atoms with E-state index < -0.39 is 0 Å². The van der Waals surface area contributed by atoms with Gasteiger partial charge in [-0.1, -0.05) is 6.07 Å². The fourth-order valence-electron chi connectivity index (χ4n) is 3.03. The quantitative estimate of drug-likeness (QED) is 0.828. The third-order valence-electron chi connectivity index (χ3n) is 4.36. The van der Waals surface area contributed by atoms with E-state index in [2.05, 4.69) is 10.3 Å². The molecule has 1 fully saturated rings. The van der Waals surface area contributed by atoms with Crippen LogP contribution >= 0.6 is 0 Å². The van der Waals surface area contributed by atoms with Gasteiger partial charge in [0.2, 0.25) is 11.8 Å². The summed E-state index contributed by atoms with van der Waals surface area (Å²) in [5.74, 6) is 0.339. The van der Waals surface area contributed by atoms with Gasteiger partial charge in [0.15, 0.2) is 0 Å². The lowest BCUT2D eigenvalue weighted by Gasteiger charge is -2.17. The molecule has 0 aliphatic carbocycles. The minimum atomic E-state index is -0.321. The summed E-state index contributed by atoms with van der Waals surface area (Å²) in [6.45, 7) is 3.45. The lowest BCUT2D eigenvalue weighted by Crippen LogP contribution is -2.34. The average Bonchev–Trinajstić information content (AvgIpc) is 3.05. The van der Waals surface area contributed by atoms with Crippen LogP contribution in [0.4, 0.5) is 5.69 Å². The number of aromatic nitrogens is 1. The van der Waals surface area contributed by atoms with E-state index in [-0.39, 0.29) is 24.2 Å². The van der Waals surface area contributed by atoms with E-state index in [0.717, 1.165) is 17.1 Å². The zero-order valence-corrected chi connectivity index (χ0v) is 14.9. The van der Waals surface area contributed by atoms with E-state index in [1.54, 1.807) is 11.1 Å². The van der Waals surface area contributed by atoms with Crippen molar-refractivity contribution in [2.75, 3.05) is 24.6 Å². The molecule has 0 radical (unpaired) electrons. The minimum absolute atomic E-state index is 0.0287. The van der Waals surface area contributed by atoms with Gasteiger partial charge >= 0.3 is 0 Å². The average molecular weight is 353 g/mol. The van der Waals surface area contributed by atoms with E-state index in [0.29, 0.717) is 26.1 Å². The molecule has 1 atom stereocenters. The summed E-state index contributed by atoms with van der Waals surface area (Å²) in [5.41, 5.74) is 1.73. The van der Waals surface area contributed by atoms with Crippen LogP contribution in [-0.2, 0) is 16.0 Å². The highest BCUT2D eigenvalue weighted by atomic mass is 16.5. The van der Waals surface area contributed by atoms with Crippen LogP contribution in [0.3, 0.4) is 0 Å². The Morgan fingerprint density at radius 1 is 1.27 bits per heavy atom. The number of benzene rings is 1. The molecule has 26 heavy (non-hydrogen) atoms. The SMILES string of the molecule is CCOc1ccc(N2C[C@@H](C(=O)NCCc3ccccn3)CC2=O)cc1. The molecule has 0 bridgehead atoms. The molecule has 0 spiro atoms. The summed E-state index contributed by atoms with van der Waals surface area (Å²) in [6, 6.07) is 13.1. The molecular formula is C20H23N3O3. The largest absolute Gasteiger partial charge is 0.494 e. The maximum atomic E-state index is 12.4. The maximum Gasteiger partial charge on any atom is 0.227 e. The highest BCUT2D eigenvalue weighted by Gasteiger charge is 2.34. The van der Waals surface area contributed by atoms with Gasteiger partial charge in [-0.2, -0.15) is 0 Å². The molecule has 3 rings (SSSR count). The summed E-state index contributed by atoms with van der Waals surface area (Å²) in [4.78, 5) is 30.6. The van der Waals surface area contributed by atoms with E-state index in [4.69, 9.17) is 4.74 Å². The van der Waals surface area contributed by atoms with Crippen molar-refractivity contribution < 1.29 is 14.3 Å². The molecule has 1 aromatic heterocycles. The number of nitrogens with zero attached hydrogens (tertiary/aromatic N) is 2. The first kappa shape index (κ1) is 17.9. The van der Waals surface area contributed by atoms with Crippen LogP contribution in [0, 0.1) is 5.92 Å². The summed E-state index contributed by atoms with van der Waals surface area (Å²) >= 11 is 0. The molecule has 6 heteroatoms. The summed E-state index contributed by atoms with van der Waals surface area (Å²) in [5, 5.41) is 2.91. The first-order chi connectivity index (χ1) is 12.7. The molecule has 2 heterocycles. The van der Waals surface area contributed by atoms with Crippen molar-refractivity contribution in [3.8, 4) is 5.75 Å². The number of anilines is 1. The number of amides is 2. The topological polar surface area (TPSA) is 71.5 Å². The van der Waals surface area contributed by atoms with E-state index in [1.807, 2.05) is 49.4 Å². The van der Waals surface area contributed by atoms with E-state index >= 15 is 0 Å². The van der Waals surface area contributed by atoms with Gasteiger partial charge in [-0.25, -0.2) is 0 Å². The zero-order valence-electron chi connectivity index (χ0n) is 14.9. The Kier molecular flexibility index (Phi) is 5.84. The third kappa shape index (κ3) is 4.39. The van der Waals surface area contributed by atoms with E-state index in [1.165, 1.54) is 0 Å².